The van der Waals surface area contributed by atoms with E-state index < -0.39 is 0 Å². The number of hydrogen-bond acceptors (Lipinski definition) is 4. The fourth-order valence-electron chi connectivity index (χ4n) is 2.00. The fraction of sp³-hybridized carbons (Fsp3) is 0.353. The lowest BCUT2D eigenvalue weighted by atomic mass is 10.1. The lowest BCUT2D eigenvalue weighted by Crippen LogP contribution is -2.08. The maximum Gasteiger partial charge on any atom is 0.126 e. The van der Waals surface area contributed by atoms with Gasteiger partial charge in [-0.2, -0.15) is 0 Å². The van der Waals surface area contributed by atoms with Crippen molar-refractivity contribution in [3.63, 3.8) is 0 Å². The lowest BCUT2D eigenvalue weighted by molar-refractivity contribution is 0.146. The molecule has 112 valence electrons. The van der Waals surface area contributed by atoms with E-state index in [1.54, 1.807) is 7.11 Å². The van der Waals surface area contributed by atoms with Crippen molar-refractivity contribution >= 4 is 5.82 Å². The molecule has 0 fully saturated rings. The summed E-state index contributed by atoms with van der Waals surface area (Å²) < 4.78 is 10.8. The second-order valence-electron chi connectivity index (χ2n) is 4.97. The Bertz CT molecular complexity index is 585. The van der Waals surface area contributed by atoms with Crippen molar-refractivity contribution in [2.24, 2.45) is 0 Å². The first-order chi connectivity index (χ1) is 10.2. The summed E-state index contributed by atoms with van der Waals surface area (Å²) in [6, 6.07) is 12.2. The first-order valence-electron chi connectivity index (χ1n) is 7.08. The molecule has 4 heteroatoms. The van der Waals surface area contributed by atoms with Crippen LogP contribution in [-0.2, 0) is 11.3 Å². The molecule has 0 aliphatic carbocycles. The third-order valence-electron chi connectivity index (χ3n) is 3.12. The van der Waals surface area contributed by atoms with E-state index in [0.29, 0.717) is 19.8 Å². The molecular formula is C17H22N2O2. The third-order valence-corrected chi connectivity index (χ3v) is 3.12. The van der Waals surface area contributed by atoms with Gasteiger partial charge < -0.3 is 14.8 Å². The SMILES string of the molecule is COCCOc1cc(C)ccc1CNc1cccc(C)n1. The van der Waals surface area contributed by atoms with Gasteiger partial charge in [-0.3, -0.25) is 0 Å². The number of anilines is 1. The molecule has 0 radical (unpaired) electrons. The highest BCUT2D eigenvalue weighted by Crippen LogP contribution is 2.21. The monoisotopic (exact) mass is 286 g/mol. The van der Waals surface area contributed by atoms with Crippen molar-refractivity contribution in [3.8, 4) is 5.75 Å². The van der Waals surface area contributed by atoms with Crippen molar-refractivity contribution in [2.45, 2.75) is 20.4 Å². The molecule has 0 amide bonds. The summed E-state index contributed by atoms with van der Waals surface area (Å²) in [6.45, 7) is 5.85. The molecule has 0 bridgehead atoms. The van der Waals surface area contributed by atoms with Gasteiger partial charge in [-0.1, -0.05) is 18.2 Å². The van der Waals surface area contributed by atoms with Crippen molar-refractivity contribution in [1.29, 1.82) is 0 Å². The van der Waals surface area contributed by atoms with Crippen LogP contribution in [0.15, 0.2) is 36.4 Å². The number of aryl methyl sites for hydroxylation is 2. The van der Waals surface area contributed by atoms with Crippen LogP contribution in [0.2, 0.25) is 0 Å². The Morgan fingerprint density at radius 1 is 1.10 bits per heavy atom. The van der Waals surface area contributed by atoms with Gasteiger partial charge in [-0.05, 0) is 37.6 Å². The molecule has 1 N–H and O–H groups in total. The normalized spacial score (nSPS) is 10.4. The van der Waals surface area contributed by atoms with Gasteiger partial charge in [0.05, 0.1) is 6.61 Å². The summed E-state index contributed by atoms with van der Waals surface area (Å²) in [5, 5.41) is 3.33. The maximum absolute atomic E-state index is 5.79. The zero-order valence-corrected chi connectivity index (χ0v) is 12.8. The number of methoxy groups -OCH3 is 1. The molecule has 2 aromatic rings. The zero-order valence-electron chi connectivity index (χ0n) is 12.8. The van der Waals surface area contributed by atoms with Crippen LogP contribution in [0, 0.1) is 13.8 Å². The van der Waals surface area contributed by atoms with E-state index in [1.807, 2.05) is 25.1 Å². The van der Waals surface area contributed by atoms with E-state index in [1.165, 1.54) is 5.56 Å². The van der Waals surface area contributed by atoms with E-state index in [9.17, 15) is 0 Å². The molecule has 1 aromatic heterocycles. The minimum atomic E-state index is 0.551. The average molecular weight is 286 g/mol. The number of nitrogens with one attached hydrogen (secondary N) is 1. The number of aromatic nitrogens is 1. The van der Waals surface area contributed by atoms with Gasteiger partial charge in [0.25, 0.3) is 0 Å². The van der Waals surface area contributed by atoms with Gasteiger partial charge in [-0.25, -0.2) is 4.98 Å². The summed E-state index contributed by atoms with van der Waals surface area (Å²) in [5.41, 5.74) is 3.29. The summed E-state index contributed by atoms with van der Waals surface area (Å²) in [4.78, 5) is 4.44. The van der Waals surface area contributed by atoms with Crippen LogP contribution >= 0.6 is 0 Å². The average Bonchev–Trinajstić information content (AvgIpc) is 2.47. The number of nitrogens with zero attached hydrogens (tertiary/aromatic N) is 1. The molecule has 0 aliphatic heterocycles. The first-order valence-corrected chi connectivity index (χ1v) is 7.08. The quantitative estimate of drug-likeness (QED) is 0.793. The molecule has 0 atom stereocenters. The second kappa shape index (κ2) is 7.64. The molecule has 0 unspecified atom stereocenters. The highest BCUT2D eigenvalue weighted by Gasteiger charge is 2.05. The fourth-order valence-corrected chi connectivity index (χ4v) is 2.00. The topological polar surface area (TPSA) is 43.4 Å². The molecule has 1 aromatic carbocycles. The van der Waals surface area contributed by atoms with Gasteiger partial charge in [0.2, 0.25) is 0 Å². The molecule has 0 saturated carbocycles. The Hall–Kier alpha value is -2.07. The van der Waals surface area contributed by atoms with Gasteiger partial charge in [-0.15, -0.1) is 0 Å². The molecule has 4 nitrogen and oxygen atoms in total. The minimum Gasteiger partial charge on any atom is -0.491 e. The number of rotatable bonds is 7. The highest BCUT2D eigenvalue weighted by atomic mass is 16.5. The molecule has 0 spiro atoms. The number of ether oxygens (including phenoxy) is 2. The van der Waals surface area contributed by atoms with E-state index in [0.717, 1.165) is 22.8 Å². The molecule has 1 heterocycles. The van der Waals surface area contributed by atoms with Gasteiger partial charge >= 0.3 is 0 Å². The van der Waals surface area contributed by atoms with Crippen LogP contribution in [0.1, 0.15) is 16.8 Å². The van der Waals surface area contributed by atoms with Gasteiger partial charge in [0.15, 0.2) is 0 Å². The largest absolute Gasteiger partial charge is 0.491 e. The van der Waals surface area contributed by atoms with E-state index in [-0.39, 0.29) is 0 Å². The number of pyridine rings is 1. The molecule has 0 aliphatic rings. The third kappa shape index (κ3) is 4.76. The van der Waals surface area contributed by atoms with Crippen LogP contribution in [0.25, 0.3) is 0 Å². The summed E-state index contributed by atoms with van der Waals surface area (Å²) in [5.74, 6) is 1.77. The Morgan fingerprint density at radius 2 is 1.95 bits per heavy atom. The van der Waals surface area contributed by atoms with Crippen molar-refractivity contribution < 1.29 is 9.47 Å². The zero-order chi connectivity index (χ0) is 15.1. The predicted octanol–water partition coefficient (Wildman–Crippen LogP) is 3.34. The van der Waals surface area contributed by atoms with Crippen LogP contribution in [-0.4, -0.2) is 25.3 Å². The van der Waals surface area contributed by atoms with Crippen LogP contribution in [0.3, 0.4) is 0 Å². The van der Waals surface area contributed by atoms with E-state index in [4.69, 9.17) is 9.47 Å². The Kier molecular flexibility index (Phi) is 5.58. The number of hydrogen-bond donors (Lipinski definition) is 1. The van der Waals surface area contributed by atoms with Gasteiger partial charge in [0.1, 0.15) is 18.2 Å². The predicted molar refractivity (Wildman–Crippen MR) is 84.9 cm³/mol. The minimum absolute atomic E-state index is 0.551. The van der Waals surface area contributed by atoms with Crippen LogP contribution in [0.5, 0.6) is 5.75 Å². The molecular weight excluding hydrogens is 264 g/mol. The second-order valence-corrected chi connectivity index (χ2v) is 4.97. The molecule has 2 rings (SSSR count). The Morgan fingerprint density at radius 3 is 2.71 bits per heavy atom. The van der Waals surface area contributed by atoms with Crippen molar-refractivity contribution in [1.82, 2.24) is 4.98 Å². The maximum atomic E-state index is 5.79. The van der Waals surface area contributed by atoms with Crippen molar-refractivity contribution in [3.05, 3.63) is 53.2 Å². The lowest BCUT2D eigenvalue weighted by Gasteiger charge is -2.13. The smallest absolute Gasteiger partial charge is 0.126 e. The Labute approximate surface area is 126 Å². The van der Waals surface area contributed by atoms with E-state index in [2.05, 4.69) is 35.4 Å². The standard InChI is InChI=1S/C17H22N2O2/c1-13-7-8-15(16(11-13)21-10-9-20-3)12-18-17-6-4-5-14(2)19-17/h4-8,11H,9-10,12H2,1-3H3,(H,18,19). The Balaban J connectivity index is 2.04. The van der Waals surface area contributed by atoms with Crippen molar-refractivity contribution in [2.75, 3.05) is 25.6 Å². The van der Waals surface area contributed by atoms with Gasteiger partial charge in [0, 0.05) is 24.9 Å². The molecule has 0 saturated heterocycles. The van der Waals surface area contributed by atoms with Crippen LogP contribution < -0.4 is 10.1 Å². The number of benzene rings is 1. The summed E-state index contributed by atoms with van der Waals surface area (Å²) >= 11 is 0. The van der Waals surface area contributed by atoms with Crippen LogP contribution in [0.4, 0.5) is 5.82 Å². The van der Waals surface area contributed by atoms with E-state index >= 15 is 0 Å². The summed E-state index contributed by atoms with van der Waals surface area (Å²) in [7, 11) is 1.67. The molecule has 21 heavy (non-hydrogen) atoms. The highest BCUT2D eigenvalue weighted by molar-refractivity contribution is 5.42. The summed E-state index contributed by atoms with van der Waals surface area (Å²) in [6.07, 6.45) is 0. The first kappa shape index (κ1) is 15.3.